The number of carbonyl (C=O) groups excluding carboxylic acids is 2. The van der Waals surface area contributed by atoms with Gasteiger partial charge in [0, 0.05) is 19.2 Å². The predicted molar refractivity (Wildman–Crippen MR) is 119 cm³/mol. The summed E-state index contributed by atoms with van der Waals surface area (Å²) in [5.41, 5.74) is 1.17. The maximum Gasteiger partial charge on any atom is 0.308 e. The van der Waals surface area contributed by atoms with Gasteiger partial charge in [-0.3, -0.25) is 13.9 Å². The van der Waals surface area contributed by atoms with Crippen molar-refractivity contribution >= 4 is 33.3 Å². The second kappa shape index (κ2) is 9.44. The summed E-state index contributed by atoms with van der Waals surface area (Å²) < 4.78 is 32.5. The van der Waals surface area contributed by atoms with Crippen molar-refractivity contribution in [2.45, 2.75) is 18.7 Å². The van der Waals surface area contributed by atoms with E-state index in [1.165, 1.54) is 47.6 Å². The molecule has 0 aliphatic heterocycles. The van der Waals surface area contributed by atoms with Crippen molar-refractivity contribution in [2.75, 3.05) is 16.2 Å². The molecule has 1 amide bonds. The van der Waals surface area contributed by atoms with Crippen LogP contribution in [0.25, 0.3) is 0 Å². The SMILES string of the molecule is CCN(c1ccccc1)S(=O)(=O)c1ccc(NC(=O)c2ccccc2OC(C)=O)cc1. The van der Waals surface area contributed by atoms with Crippen molar-refractivity contribution < 1.29 is 22.7 Å². The Balaban J connectivity index is 1.81. The highest BCUT2D eigenvalue weighted by Gasteiger charge is 2.23. The lowest BCUT2D eigenvalue weighted by molar-refractivity contribution is -0.131. The van der Waals surface area contributed by atoms with Gasteiger partial charge in [0.05, 0.1) is 16.1 Å². The molecule has 0 saturated heterocycles. The van der Waals surface area contributed by atoms with E-state index in [4.69, 9.17) is 4.74 Å². The molecule has 3 aromatic rings. The van der Waals surface area contributed by atoms with E-state index >= 15 is 0 Å². The summed E-state index contributed by atoms with van der Waals surface area (Å²) in [6, 6.07) is 21.1. The molecule has 0 spiro atoms. The zero-order valence-corrected chi connectivity index (χ0v) is 17.9. The first kappa shape index (κ1) is 22.0. The molecular formula is C23H22N2O5S. The van der Waals surface area contributed by atoms with E-state index in [0.717, 1.165) is 0 Å². The van der Waals surface area contributed by atoms with Gasteiger partial charge in [-0.2, -0.15) is 0 Å². The van der Waals surface area contributed by atoms with E-state index in [9.17, 15) is 18.0 Å². The van der Waals surface area contributed by atoms with Crippen LogP contribution in [0.1, 0.15) is 24.2 Å². The minimum Gasteiger partial charge on any atom is -0.426 e. The summed E-state index contributed by atoms with van der Waals surface area (Å²) in [5, 5.41) is 2.69. The van der Waals surface area contributed by atoms with Crippen LogP contribution in [0.5, 0.6) is 5.75 Å². The summed E-state index contributed by atoms with van der Waals surface area (Å²) in [6.45, 7) is 3.29. The number of benzene rings is 3. The molecule has 0 aliphatic carbocycles. The fraction of sp³-hybridized carbons (Fsp3) is 0.130. The lowest BCUT2D eigenvalue weighted by atomic mass is 10.2. The van der Waals surface area contributed by atoms with E-state index in [0.29, 0.717) is 11.4 Å². The topological polar surface area (TPSA) is 92.8 Å². The number of para-hydroxylation sites is 2. The molecule has 0 aromatic heterocycles. The van der Waals surface area contributed by atoms with Gasteiger partial charge in [-0.25, -0.2) is 8.42 Å². The minimum atomic E-state index is -3.76. The fourth-order valence-corrected chi connectivity index (χ4v) is 4.49. The largest absolute Gasteiger partial charge is 0.426 e. The number of nitrogens with zero attached hydrogens (tertiary/aromatic N) is 1. The molecule has 0 unspecified atom stereocenters. The van der Waals surface area contributed by atoms with Crippen LogP contribution < -0.4 is 14.4 Å². The molecule has 160 valence electrons. The van der Waals surface area contributed by atoms with Crippen molar-refractivity contribution in [3.05, 3.63) is 84.4 Å². The summed E-state index contributed by atoms with van der Waals surface area (Å²) in [5.74, 6) is -0.867. The molecule has 0 atom stereocenters. The highest BCUT2D eigenvalue weighted by atomic mass is 32.2. The van der Waals surface area contributed by atoms with Crippen LogP contribution >= 0.6 is 0 Å². The van der Waals surface area contributed by atoms with E-state index < -0.39 is 21.9 Å². The normalized spacial score (nSPS) is 10.9. The number of carbonyl (C=O) groups is 2. The van der Waals surface area contributed by atoms with Crippen LogP contribution in [0, 0.1) is 0 Å². The van der Waals surface area contributed by atoms with Crippen molar-refractivity contribution in [2.24, 2.45) is 0 Å². The van der Waals surface area contributed by atoms with Crippen molar-refractivity contribution in [1.29, 1.82) is 0 Å². The second-order valence-corrected chi connectivity index (χ2v) is 8.44. The van der Waals surface area contributed by atoms with Gasteiger partial charge < -0.3 is 10.1 Å². The number of anilines is 2. The maximum atomic E-state index is 13.1. The molecule has 0 saturated carbocycles. The predicted octanol–water partition coefficient (Wildman–Crippen LogP) is 4.08. The van der Waals surface area contributed by atoms with Crippen molar-refractivity contribution in [1.82, 2.24) is 0 Å². The summed E-state index contributed by atoms with van der Waals surface area (Å²) >= 11 is 0. The highest BCUT2D eigenvalue weighted by molar-refractivity contribution is 7.92. The van der Waals surface area contributed by atoms with Crippen LogP contribution in [0.15, 0.2) is 83.8 Å². The molecule has 0 radical (unpaired) electrons. The first-order chi connectivity index (χ1) is 14.8. The molecular weight excluding hydrogens is 416 g/mol. The molecule has 0 aliphatic rings. The van der Waals surface area contributed by atoms with Gasteiger partial charge in [-0.1, -0.05) is 30.3 Å². The molecule has 3 rings (SSSR count). The van der Waals surface area contributed by atoms with Crippen LogP contribution in [-0.2, 0) is 14.8 Å². The van der Waals surface area contributed by atoms with Crippen molar-refractivity contribution in [3.8, 4) is 5.75 Å². The molecule has 0 bridgehead atoms. The molecule has 0 heterocycles. The molecule has 0 fully saturated rings. The van der Waals surface area contributed by atoms with Gasteiger partial charge in [-0.05, 0) is 55.5 Å². The van der Waals surface area contributed by atoms with Crippen LogP contribution in [-0.4, -0.2) is 26.8 Å². The molecule has 7 nitrogen and oxygen atoms in total. The Morgan fingerprint density at radius 3 is 2.13 bits per heavy atom. The fourth-order valence-electron chi connectivity index (χ4n) is 3.02. The summed E-state index contributed by atoms with van der Waals surface area (Å²) in [6.07, 6.45) is 0. The Labute approximate surface area is 181 Å². The second-order valence-electron chi connectivity index (χ2n) is 6.57. The van der Waals surface area contributed by atoms with E-state index in [-0.39, 0.29) is 22.8 Å². The number of hydrogen-bond donors (Lipinski definition) is 1. The monoisotopic (exact) mass is 438 g/mol. The van der Waals surface area contributed by atoms with Gasteiger partial charge in [-0.15, -0.1) is 0 Å². The number of amides is 1. The lowest BCUT2D eigenvalue weighted by Crippen LogP contribution is -2.30. The van der Waals surface area contributed by atoms with Gasteiger partial charge in [0.15, 0.2) is 0 Å². The van der Waals surface area contributed by atoms with E-state index in [1.54, 1.807) is 43.3 Å². The first-order valence-electron chi connectivity index (χ1n) is 9.59. The summed E-state index contributed by atoms with van der Waals surface area (Å²) in [7, 11) is -3.76. The average molecular weight is 439 g/mol. The van der Waals surface area contributed by atoms with Gasteiger partial charge in [0.25, 0.3) is 15.9 Å². The smallest absolute Gasteiger partial charge is 0.308 e. The number of esters is 1. The third kappa shape index (κ3) is 5.10. The molecule has 1 N–H and O–H groups in total. The average Bonchev–Trinajstić information content (AvgIpc) is 2.75. The van der Waals surface area contributed by atoms with E-state index in [1.807, 2.05) is 6.07 Å². The first-order valence-corrected chi connectivity index (χ1v) is 11.0. The zero-order chi connectivity index (χ0) is 22.4. The minimum absolute atomic E-state index is 0.108. The summed E-state index contributed by atoms with van der Waals surface area (Å²) in [4.78, 5) is 24.0. The third-order valence-corrected chi connectivity index (χ3v) is 6.33. The third-order valence-electron chi connectivity index (χ3n) is 4.42. The van der Waals surface area contributed by atoms with Gasteiger partial charge >= 0.3 is 5.97 Å². The maximum absolute atomic E-state index is 13.1. The Morgan fingerprint density at radius 1 is 0.903 bits per heavy atom. The number of ether oxygens (including phenoxy) is 1. The van der Waals surface area contributed by atoms with Crippen LogP contribution in [0.4, 0.5) is 11.4 Å². The van der Waals surface area contributed by atoms with Gasteiger partial charge in [0.2, 0.25) is 0 Å². The molecule has 31 heavy (non-hydrogen) atoms. The Bertz CT molecular complexity index is 1180. The molecule has 3 aromatic carbocycles. The van der Waals surface area contributed by atoms with Crippen molar-refractivity contribution in [3.63, 3.8) is 0 Å². The number of nitrogens with one attached hydrogen (secondary N) is 1. The quantitative estimate of drug-likeness (QED) is 0.443. The Morgan fingerprint density at radius 2 is 1.52 bits per heavy atom. The van der Waals surface area contributed by atoms with Crippen LogP contribution in [0.2, 0.25) is 0 Å². The zero-order valence-electron chi connectivity index (χ0n) is 17.1. The number of rotatable bonds is 7. The standard InChI is InChI=1S/C23H22N2O5S/c1-3-25(19-9-5-4-6-10-19)31(28,29)20-15-13-18(14-16-20)24-23(27)21-11-7-8-12-22(21)30-17(2)26/h4-16H,3H2,1-2H3,(H,24,27). The molecule has 8 heteroatoms. The van der Waals surface area contributed by atoms with Gasteiger partial charge in [0.1, 0.15) is 5.75 Å². The number of hydrogen-bond acceptors (Lipinski definition) is 5. The Kier molecular flexibility index (Phi) is 6.71. The lowest BCUT2D eigenvalue weighted by Gasteiger charge is -2.23. The number of sulfonamides is 1. The van der Waals surface area contributed by atoms with Crippen LogP contribution in [0.3, 0.4) is 0 Å². The highest BCUT2D eigenvalue weighted by Crippen LogP contribution is 2.25. The Hall–Kier alpha value is -3.65. The van der Waals surface area contributed by atoms with E-state index in [2.05, 4.69) is 5.32 Å².